The van der Waals surface area contributed by atoms with Crippen molar-refractivity contribution in [2.45, 2.75) is 31.7 Å². The summed E-state index contributed by atoms with van der Waals surface area (Å²) >= 11 is 0. The molecule has 108 valence electrons. The van der Waals surface area contributed by atoms with Gasteiger partial charge in [-0.05, 0) is 61.1 Å². The first kappa shape index (κ1) is 11.7. The van der Waals surface area contributed by atoms with Crippen molar-refractivity contribution in [3.05, 3.63) is 24.4 Å². The van der Waals surface area contributed by atoms with E-state index in [4.69, 9.17) is 9.47 Å². The molecule has 2 aromatic rings. The molecule has 5 rings (SSSR count). The number of nitrogens with zero attached hydrogens (tertiary/aromatic N) is 1. The van der Waals surface area contributed by atoms with Crippen LogP contribution in [0.2, 0.25) is 0 Å². The highest BCUT2D eigenvalue weighted by Crippen LogP contribution is 2.46. The Morgan fingerprint density at radius 2 is 1.76 bits per heavy atom. The van der Waals surface area contributed by atoms with Gasteiger partial charge >= 0.3 is 0 Å². The normalized spacial score (nSPS) is 20.2. The van der Waals surface area contributed by atoms with E-state index in [0.717, 1.165) is 39.9 Å². The van der Waals surface area contributed by atoms with Gasteiger partial charge in [0, 0.05) is 17.6 Å². The molecule has 2 saturated carbocycles. The monoisotopic (exact) mass is 282 g/mol. The van der Waals surface area contributed by atoms with E-state index in [9.17, 15) is 0 Å². The van der Waals surface area contributed by atoms with E-state index in [1.807, 2.05) is 18.3 Å². The first-order valence-corrected chi connectivity index (χ1v) is 7.83. The number of benzene rings is 1. The van der Waals surface area contributed by atoms with Gasteiger partial charge in [-0.25, -0.2) is 4.98 Å². The van der Waals surface area contributed by atoms with Gasteiger partial charge in [0.2, 0.25) is 6.79 Å². The van der Waals surface area contributed by atoms with Crippen molar-refractivity contribution in [1.29, 1.82) is 0 Å². The number of hydrogen-bond acceptors (Lipinski definition) is 4. The maximum absolute atomic E-state index is 5.51. The van der Waals surface area contributed by atoms with Crippen LogP contribution in [0.5, 0.6) is 11.5 Å². The fraction of sp³-hybridized carbons (Fsp3) is 0.471. The van der Waals surface area contributed by atoms with Crippen LogP contribution in [0.3, 0.4) is 0 Å². The summed E-state index contributed by atoms with van der Waals surface area (Å²) in [5, 5.41) is 6.02. The lowest BCUT2D eigenvalue weighted by atomic mass is 10.1. The molecule has 1 aromatic heterocycles. The van der Waals surface area contributed by atoms with Crippen LogP contribution in [0.25, 0.3) is 10.8 Å². The van der Waals surface area contributed by atoms with Crippen LogP contribution in [-0.4, -0.2) is 17.8 Å². The van der Waals surface area contributed by atoms with Crippen molar-refractivity contribution in [1.82, 2.24) is 4.98 Å². The Hall–Kier alpha value is -1.97. The minimum atomic E-state index is 0.314. The predicted molar refractivity (Wildman–Crippen MR) is 80.7 cm³/mol. The topological polar surface area (TPSA) is 43.4 Å². The van der Waals surface area contributed by atoms with Crippen LogP contribution < -0.4 is 14.8 Å². The molecule has 0 amide bonds. The third-order valence-electron chi connectivity index (χ3n) is 4.82. The SMILES string of the molecule is c1cc2cc3c(cc2c(NC(C2CC2)C2CC2)n1)OCO3. The Kier molecular flexibility index (Phi) is 2.37. The zero-order valence-corrected chi connectivity index (χ0v) is 11.8. The highest BCUT2D eigenvalue weighted by Gasteiger charge is 2.41. The summed E-state index contributed by atoms with van der Waals surface area (Å²) in [6.45, 7) is 0.314. The van der Waals surface area contributed by atoms with E-state index in [1.54, 1.807) is 0 Å². The van der Waals surface area contributed by atoms with Gasteiger partial charge < -0.3 is 14.8 Å². The highest BCUT2D eigenvalue weighted by molar-refractivity contribution is 5.94. The van der Waals surface area contributed by atoms with E-state index in [0.29, 0.717) is 12.8 Å². The second-order valence-electron chi connectivity index (χ2n) is 6.43. The first-order valence-electron chi connectivity index (χ1n) is 7.83. The molecule has 1 aliphatic heterocycles. The van der Waals surface area contributed by atoms with Gasteiger partial charge in [-0.2, -0.15) is 0 Å². The Bertz CT molecular complexity index is 695. The van der Waals surface area contributed by atoms with E-state index < -0.39 is 0 Å². The van der Waals surface area contributed by atoms with Gasteiger partial charge in [0.1, 0.15) is 5.82 Å². The van der Waals surface area contributed by atoms with Crippen molar-refractivity contribution in [2.24, 2.45) is 11.8 Å². The highest BCUT2D eigenvalue weighted by atomic mass is 16.7. The molecule has 2 aliphatic carbocycles. The largest absolute Gasteiger partial charge is 0.454 e. The average molecular weight is 282 g/mol. The zero-order chi connectivity index (χ0) is 13.8. The molecule has 0 unspecified atom stereocenters. The summed E-state index contributed by atoms with van der Waals surface area (Å²) in [5.74, 6) is 4.36. The lowest BCUT2D eigenvalue weighted by molar-refractivity contribution is 0.174. The molecule has 3 aliphatic rings. The number of hydrogen-bond donors (Lipinski definition) is 1. The van der Waals surface area contributed by atoms with E-state index in [-0.39, 0.29) is 0 Å². The molecule has 0 atom stereocenters. The average Bonchev–Trinajstić information content (AvgIpc) is 3.41. The van der Waals surface area contributed by atoms with Crippen molar-refractivity contribution in [2.75, 3.05) is 12.1 Å². The van der Waals surface area contributed by atoms with Crippen LogP contribution >= 0.6 is 0 Å². The molecule has 2 heterocycles. The zero-order valence-electron chi connectivity index (χ0n) is 11.8. The second kappa shape index (κ2) is 4.26. The van der Waals surface area contributed by atoms with Crippen LogP contribution in [0, 0.1) is 11.8 Å². The van der Waals surface area contributed by atoms with Crippen molar-refractivity contribution in [3.63, 3.8) is 0 Å². The molecule has 1 N–H and O–H groups in total. The van der Waals surface area contributed by atoms with Crippen LogP contribution in [-0.2, 0) is 0 Å². The van der Waals surface area contributed by atoms with Crippen LogP contribution in [0.15, 0.2) is 24.4 Å². The third-order valence-corrected chi connectivity index (χ3v) is 4.82. The van der Waals surface area contributed by atoms with Crippen molar-refractivity contribution >= 4 is 16.6 Å². The van der Waals surface area contributed by atoms with E-state index in [2.05, 4.69) is 16.4 Å². The number of rotatable bonds is 4. The molecule has 0 radical (unpaired) electrons. The van der Waals surface area contributed by atoms with Gasteiger partial charge in [-0.15, -0.1) is 0 Å². The Morgan fingerprint density at radius 3 is 2.48 bits per heavy atom. The fourth-order valence-electron chi connectivity index (χ4n) is 3.37. The summed E-state index contributed by atoms with van der Waals surface area (Å²) in [6, 6.07) is 6.75. The molecular formula is C17H18N2O2. The lowest BCUT2D eigenvalue weighted by Crippen LogP contribution is -2.24. The summed E-state index contributed by atoms with van der Waals surface area (Å²) in [6.07, 6.45) is 7.34. The molecule has 0 saturated heterocycles. The second-order valence-corrected chi connectivity index (χ2v) is 6.43. The number of aromatic nitrogens is 1. The molecular weight excluding hydrogens is 264 g/mol. The Morgan fingerprint density at radius 1 is 1.05 bits per heavy atom. The molecule has 2 fully saturated rings. The molecule has 1 aromatic carbocycles. The predicted octanol–water partition coefficient (Wildman–Crippen LogP) is 3.56. The Balaban J connectivity index is 1.55. The quantitative estimate of drug-likeness (QED) is 0.931. The fourth-order valence-corrected chi connectivity index (χ4v) is 3.37. The summed E-state index contributed by atoms with van der Waals surface area (Å²) in [5.41, 5.74) is 0. The van der Waals surface area contributed by atoms with Gasteiger partial charge in [0.15, 0.2) is 11.5 Å². The number of anilines is 1. The van der Waals surface area contributed by atoms with Crippen LogP contribution in [0.1, 0.15) is 25.7 Å². The molecule has 4 nitrogen and oxygen atoms in total. The number of fused-ring (bicyclic) bond motifs is 2. The summed E-state index contributed by atoms with van der Waals surface area (Å²) in [4.78, 5) is 4.59. The van der Waals surface area contributed by atoms with E-state index in [1.165, 1.54) is 25.7 Å². The van der Waals surface area contributed by atoms with Crippen LogP contribution in [0.4, 0.5) is 5.82 Å². The molecule has 0 bridgehead atoms. The molecule has 21 heavy (non-hydrogen) atoms. The minimum Gasteiger partial charge on any atom is -0.454 e. The minimum absolute atomic E-state index is 0.314. The van der Waals surface area contributed by atoms with Gasteiger partial charge in [0.25, 0.3) is 0 Å². The smallest absolute Gasteiger partial charge is 0.231 e. The molecule has 0 spiro atoms. The van der Waals surface area contributed by atoms with E-state index >= 15 is 0 Å². The number of ether oxygens (including phenoxy) is 2. The van der Waals surface area contributed by atoms with Gasteiger partial charge in [0.05, 0.1) is 0 Å². The number of pyridine rings is 1. The maximum Gasteiger partial charge on any atom is 0.231 e. The lowest BCUT2D eigenvalue weighted by Gasteiger charge is -2.19. The van der Waals surface area contributed by atoms with Gasteiger partial charge in [-0.1, -0.05) is 0 Å². The first-order chi connectivity index (χ1) is 10.4. The van der Waals surface area contributed by atoms with Gasteiger partial charge in [-0.3, -0.25) is 0 Å². The van der Waals surface area contributed by atoms with Crippen molar-refractivity contribution < 1.29 is 9.47 Å². The maximum atomic E-state index is 5.51. The summed E-state index contributed by atoms with van der Waals surface area (Å²) < 4.78 is 11.0. The Labute approximate surface area is 123 Å². The third kappa shape index (κ3) is 2.01. The van der Waals surface area contributed by atoms with Crippen molar-refractivity contribution in [3.8, 4) is 11.5 Å². The number of nitrogens with one attached hydrogen (secondary N) is 1. The summed E-state index contributed by atoms with van der Waals surface area (Å²) in [7, 11) is 0. The molecule has 4 heteroatoms. The standard InChI is InChI=1S/C17H18N2O2/c1-2-10(1)16(11-3-4-11)19-17-13-8-15-14(20-9-21-15)7-12(13)5-6-18-17/h5-8,10-11,16H,1-4,9H2,(H,18,19).